The normalized spacial score (nSPS) is 36.9. The summed E-state index contributed by atoms with van der Waals surface area (Å²) < 4.78 is 11.1. The fraction of sp³-hybridized carbons (Fsp3) is 1.00. The molecule has 0 spiro atoms. The molecule has 0 aromatic rings. The Kier molecular flexibility index (Phi) is 3.62. The van der Waals surface area contributed by atoms with Crippen molar-refractivity contribution < 1.29 is 9.59 Å². The number of rotatable bonds is 4. The molecule has 0 aliphatic carbocycles. The van der Waals surface area contributed by atoms with Gasteiger partial charge in [0.1, 0.15) is 0 Å². The van der Waals surface area contributed by atoms with E-state index in [1.54, 1.807) is 0 Å². The summed E-state index contributed by atoms with van der Waals surface area (Å²) >= 11 is 5.89. The zero-order chi connectivity index (χ0) is 14.8. The minimum absolute atomic E-state index is 0.115. The molecule has 5 nitrogen and oxygen atoms in total. The molecular weight excluding hydrogens is 293 g/mol. The van der Waals surface area contributed by atoms with Crippen LogP contribution in [0.25, 0.3) is 0 Å². The molecule has 1 N–H and O–H groups in total. The van der Waals surface area contributed by atoms with Gasteiger partial charge in [0.2, 0.25) is 6.57 Å². The molecule has 3 aliphatic heterocycles. The fourth-order valence-electron chi connectivity index (χ4n) is 3.49. The Morgan fingerprint density at radius 2 is 1.45 bits per heavy atom. The Bertz CT molecular complexity index is 415. The van der Waals surface area contributed by atoms with Crippen LogP contribution in [0, 0.1) is 5.21 Å². The third-order valence-electron chi connectivity index (χ3n) is 4.55. The number of nitrogens with zero attached hydrogens (tertiary/aromatic N) is 2. The van der Waals surface area contributed by atoms with Crippen molar-refractivity contribution in [2.75, 3.05) is 26.2 Å². The van der Waals surface area contributed by atoms with E-state index in [1.165, 1.54) is 0 Å². The second-order valence-corrected chi connectivity index (χ2v) is 11.4. The number of quaternary nitrogens is 1. The molecular formula is C13H26N3O2PS. The predicted octanol–water partition coefficient (Wildman–Crippen LogP) is 0.961. The van der Waals surface area contributed by atoms with Crippen LogP contribution >= 0.6 is 6.57 Å². The molecule has 0 bridgehead atoms. The van der Waals surface area contributed by atoms with Crippen molar-refractivity contribution in [3.05, 3.63) is 5.21 Å². The molecule has 7 heteroatoms. The average Bonchev–Trinajstić information content (AvgIpc) is 3.15. The Morgan fingerprint density at radius 1 is 1.05 bits per heavy atom. The number of nitrogens with one attached hydrogen (secondary N) is 1. The zero-order valence-electron chi connectivity index (χ0n) is 12.9. The molecule has 0 aromatic heterocycles. The van der Waals surface area contributed by atoms with Crippen molar-refractivity contribution in [3.63, 3.8) is 0 Å². The lowest BCUT2D eigenvalue weighted by Gasteiger charge is -2.54. The lowest BCUT2D eigenvalue weighted by atomic mass is 9.80. The van der Waals surface area contributed by atoms with Crippen LogP contribution < -0.4 is 5.06 Å². The highest BCUT2D eigenvalue weighted by atomic mass is 32.5. The van der Waals surface area contributed by atoms with Gasteiger partial charge in [-0.2, -0.15) is 0 Å². The molecule has 3 heterocycles. The Balaban J connectivity index is 1.75. The summed E-state index contributed by atoms with van der Waals surface area (Å²) in [4.78, 5) is 0. The van der Waals surface area contributed by atoms with Gasteiger partial charge in [-0.05, 0) is 39.5 Å². The molecule has 3 rings (SSSR count). The summed E-state index contributed by atoms with van der Waals surface area (Å²) in [7, 11) is 0. The van der Waals surface area contributed by atoms with Gasteiger partial charge in [0.05, 0.1) is 17.2 Å². The first-order chi connectivity index (χ1) is 9.15. The van der Waals surface area contributed by atoms with Gasteiger partial charge < -0.3 is 14.8 Å². The molecule has 0 amide bonds. The zero-order valence-corrected chi connectivity index (χ0v) is 14.6. The lowest BCUT2D eigenvalue weighted by molar-refractivity contribution is -0.956. The minimum Gasteiger partial charge on any atom is -0.634 e. The van der Waals surface area contributed by atoms with Gasteiger partial charge in [0.25, 0.3) is 0 Å². The SMILES string of the molecule is CC1(C)CC(OP(=S)(N2CC2)N2CC2)CC(C)(C)[NH+]1[O-]. The maximum Gasteiger partial charge on any atom is 0.203 e. The van der Waals surface area contributed by atoms with Gasteiger partial charge in [-0.25, -0.2) is 9.34 Å². The first kappa shape index (κ1) is 15.3. The highest BCUT2D eigenvalue weighted by molar-refractivity contribution is 8.10. The molecule has 3 aliphatic rings. The molecule has 0 saturated carbocycles. The van der Waals surface area contributed by atoms with Crippen molar-refractivity contribution in [1.82, 2.24) is 9.34 Å². The highest BCUT2D eigenvalue weighted by Crippen LogP contribution is 2.62. The van der Waals surface area contributed by atoms with E-state index in [0.29, 0.717) is 5.06 Å². The Hall–Kier alpha value is 0.450. The maximum absolute atomic E-state index is 12.5. The fourth-order valence-corrected chi connectivity index (χ4v) is 7.18. The summed E-state index contributed by atoms with van der Waals surface area (Å²) in [5.74, 6) is 0. The molecule has 0 radical (unpaired) electrons. The number of hydroxylamine groups is 2. The van der Waals surface area contributed by atoms with Crippen LogP contribution in [0.15, 0.2) is 0 Å². The Morgan fingerprint density at radius 3 is 1.80 bits per heavy atom. The van der Waals surface area contributed by atoms with E-state index >= 15 is 0 Å². The minimum atomic E-state index is -1.95. The average molecular weight is 319 g/mol. The van der Waals surface area contributed by atoms with Gasteiger partial charge in [0.15, 0.2) is 0 Å². The van der Waals surface area contributed by atoms with E-state index in [1.807, 2.05) is 27.7 Å². The van der Waals surface area contributed by atoms with Crippen molar-refractivity contribution in [2.24, 2.45) is 0 Å². The molecule has 0 unspecified atom stereocenters. The monoisotopic (exact) mass is 319 g/mol. The topological polar surface area (TPSA) is 42.8 Å². The van der Waals surface area contributed by atoms with Gasteiger partial charge in [-0.15, -0.1) is 0 Å². The van der Waals surface area contributed by atoms with Crippen LogP contribution in [0.1, 0.15) is 40.5 Å². The summed E-state index contributed by atoms with van der Waals surface area (Å²) in [6, 6.07) is 0. The summed E-state index contributed by atoms with van der Waals surface area (Å²) in [5, 5.41) is 12.8. The van der Waals surface area contributed by atoms with E-state index in [9.17, 15) is 5.21 Å². The molecule has 0 aromatic carbocycles. The number of hydrogen-bond donors (Lipinski definition) is 1. The van der Waals surface area contributed by atoms with Crippen LogP contribution in [0.2, 0.25) is 0 Å². The van der Waals surface area contributed by atoms with Crippen LogP contribution in [0.4, 0.5) is 0 Å². The van der Waals surface area contributed by atoms with Crippen molar-refractivity contribution >= 4 is 18.4 Å². The first-order valence-electron chi connectivity index (χ1n) is 7.49. The smallest absolute Gasteiger partial charge is 0.203 e. The Labute approximate surface area is 127 Å². The van der Waals surface area contributed by atoms with Gasteiger partial charge in [0, 0.05) is 39.0 Å². The maximum atomic E-state index is 12.5. The van der Waals surface area contributed by atoms with Crippen molar-refractivity contribution in [1.29, 1.82) is 0 Å². The summed E-state index contributed by atoms with van der Waals surface area (Å²) in [5.41, 5.74) is -0.602. The van der Waals surface area contributed by atoms with Crippen LogP contribution in [-0.2, 0) is 16.3 Å². The van der Waals surface area contributed by atoms with Crippen molar-refractivity contribution in [2.45, 2.75) is 57.7 Å². The van der Waals surface area contributed by atoms with Gasteiger partial charge >= 0.3 is 0 Å². The number of piperidine rings is 1. The predicted molar refractivity (Wildman–Crippen MR) is 84.0 cm³/mol. The summed E-state index contributed by atoms with van der Waals surface area (Å²) in [6.45, 7) is 10.5. The molecule has 116 valence electrons. The van der Waals surface area contributed by atoms with Gasteiger partial charge in [-0.1, -0.05) is 0 Å². The molecule has 20 heavy (non-hydrogen) atoms. The standard InChI is InChI=1S/C13H26N3O2PS/c1-12(2)9-11(10-13(3,4)16(12)17)18-19(20,14-5-6-14)15-7-8-15/h11,16H,5-10H2,1-4H3. The number of hydrogen-bond acceptors (Lipinski definition) is 3. The second-order valence-electron chi connectivity index (χ2n) is 7.63. The summed E-state index contributed by atoms with van der Waals surface area (Å²) in [6.07, 6.45) is 1.72. The molecule has 3 saturated heterocycles. The van der Waals surface area contributed by atoms with E-state index in [-0.39, 0.29) is 17.2 Å². The van der Waals surface area contributed by atoms with E-state index < -0.39 is 6.57 Å². The lowest BCUT2D eigenvalue weighted by Crippen LogP contribution is -3.23. The van der Waals surface area contributed by atoms with Gasteiger partial charge in [-0.3, -0.25) is 0 Å². The van der Waals surface area contributed by atoms with Crippen molar-refractivity contribution in [3.8, 4) is 0 Å². The van der Waals surface area contributed by atoms with E-state index in [4.69, 9.17) is 16.3 Å². The van der Waals surface area contributed by atoms with E-state index in [0.717, 1.165) is 39.0 Å². The van der Waals surface area contributed by atoms with Crippen LogP contribution in [-0.4, -0.2) is 52.7 Å². The first-order valence-corrected chi connectivity index (χ1v) is 10.1. The largest absolute Gasteiger partial charge is 0.634 e. The third-order valence-corrected chi connectivity index (χ3v) is 9.00. The molecule has 3 fully saturated rings. The van der Waals surface area contributed by atoms with Crippen LogP contribution in [0.3, 0.4) is 0 Å². The highest BCUT2D eigenvalue weighted by Gasteiger charge is 2.51. The quantitative estimate of drug-likeness (QED) is 0.475. The van der Waals surface area contributed by atoms with E-state index in [2.05, 4.69) is 9.34 Å². The third kappa shape index (κ3) is 2.72. The second kappa shape index (κ2) is 4.72. The molecule has 0 atom stereocenters. The van der Waals surface area contributed by atoms with Crippen LogP contribution in [0.5, 0.6) is 0 Å².